The van der Waals surface area contributed by atoms with Crippen LogP contribution in [0.4, 0.5) is 0 Å². The van der Waals surface area contributed by atoms with Gasteiger partial charge in [-0.15, -0.1) is 0 Å². The van der Waals surface area contributed by atoms with Crippen molar-refractivity contribution in [2.24, 2.45) is 5.41 Å². The van der Waals surface area contributed by atoms with Gasteiger partial charge in [0.05, 0.1) is 0 Å². The minimum absolute atomic E-state index is 0.0962. The first-order valence-corrected chi connectivity index (χ1v) is 6.25. The van der Waals surface area contributed by atoms with Crippen molar-refractivity contribution in [1.29, 1.82) is 0 Å². The van der Waals surface area contributed by atoms with Crippen LogP contribution in [0.25, 0.3) is 0 Å². The van der Waals surface area contributed by atoms with E-state index in [1.165, 1.54) is 0 Å². The maximum Gasteiger partial charge on any atom is 0.329 e. The third-order valence-corrected chi connectivity index (χ3v) is 4.22. The van der Waals surface area contributed by atoms with E-state index in [1.807, 2.05) is 6.92 Å². The van der Waals surface area contributed by atoms with E-state index in [2.05, 4.69) is 10.6 Å². The topological polar surface area (TPSA) is 78.4 Å². The third kappa shape index (κ3) is 2.16. The van der Waals surface area contributed by atoms with Gasteiger partial charge in [0.25, 0.3) is 0 Å². The molecule has 0 radical (unpaired) electrons. The van der Waals surface area contributed by atoms with E-state index in [4.69, 9.17) is 0 Å². The number of rotatable bonds is 3. The lowest BCUT2D eigenvalue weighted by molar-refractivity contribution is -0.154. The maximum absolute atomic E-state index is 12.2. The normalized spacial score (nSPS) is 25.7. The number of carboxylic acids is 1. The van der Waals surface area contributed by atoms with E-state index in [1.54, 1.807) is 0 Å². The van der Waals surface area contributed by atoms with Crippen molar-refractivity contribution < 1.29 is 14.7 Å². The number of hydrogen-bond acceptors (Lipinski definition) is 3. The Kier molecular flexibility index (Phi) is 3.12. The van der Waals surface area contributed by atoms with Crippen LogP contribution in [0.1, 0.15) is 39.0 Å². The number of piperidine rings is 1. The standard InChI is InChI=1S/C12H20N2O3/c1-11(5-7-13-8-6-11)9(15)14-12(10(16)17)3-2-4-12/h13H,2-8H2,1H3,(H,14,15)(H,16,17). The molecule has 0 spiro atoms. The summed E-state index contributed by atoms with van der Waals surface area (Å²) in [6, 6.07) is 0. The van der Waals surface area contributed by atoms with Crippen molar-refractivity contribution in [3.8, 4) is 0 Å². The SMILES string of the molecule is CC1(C(=O)NC2(C(=O)O)CCC2)CCNCC1. The Morgan fingerprint density at radius 3 is 2.18 bits per heavy atom. The van der Waals surface area contributed by atoms with Gasteiger partial charge in [0.1, 0.15) is 5.54 Å². The summed E-state index contributed by atoms with van der Waals surface area (Å²) in [6.45, 7) is 3.57. The first kappa shape index (κ1) is 12.4. The fraction of sp³-hybridized carbons (Fsp3) is 0.833. The van der Waals surface area contributed by atoms with Crippen molar-refractivity contribution in [1.82, 2.24) is 10.6 Å². The first-order valence-electron chi connectivity index (χ1n) is 6.25. The first-order chi connectivity index (χ1) is 7.99. The summed E-state index contributed by atoms with van der Waals surface area (Å²) in [5.41, 5.74) is -1.39. The Morgan fingerprint density at radius 1 is 1.18 bits per heavy atom. The zero-order valence-corrected chi connectivity index (χ0v) is 10.2. The van der Waals surface area contributed by atoms with Crippen LogP contribution in [0.15, 0.2) is 0 Å². The number of aliphatic carboxylic acids is 1. The molecular weight excluding hydrogens is 220 g/mol. The van der Waals surface area contributed by atoms with Crippen LogP contribution in [0.2, 0.25) is 0 Å². The summed E-state index contributed by atoms with van der Waals surface area (Å²) in [6.07, 6.45) is 3.54. The molecular formula is C12H20N2O3. The molecule has 1 saturated heterocycles. The van der Waals surface area contributed by atoms with Crippen molar-refractivity contribution >= 4 is 11.9 Å². The number of carbonyl (C=O) groups is 2. The number of hydrogen-bond donors (Lipinski definition) is 3. The second kappa shape index (κ2) is 4.29. The van der Waals surface area contributed by atoms with Gasteiger partial charge in [-0.1, -0.05) is 6.92 Å². The zero-order chi connectivity index (χ0) is 12.5. The Hall–Kier alpha value is -1.10. The minimum Gasteiger partial charge on any atom is -0.480 e. The average Bonchev–Trinajstić information content (AvgIpc) is 2.23. The molecule has 2 fully saturated rings. The van der Waals surface area contributed by atoms with Gasteiger partial charge >= 0.3 is 5.97 Å². The summed E-state index contributed by atoms with van der Waals surface area (Å²) in [4.78, 5) is 23.4. The summed E-state index contributed by atoms with van der Waals surface area (Å²) < 4.78 is 0. The summed E-state index contributed by atoms with van der Waals surface area (Å²) in [5.74, 6) is -0.990. The van der Waals surface area contributed by atoms with E-state index in [0.717, 1.165) is 32.4 Å². The van der Waals surface area contributed by atoms with E-state index in [0.29, 0.717) is 12.8 Å². The number of carbonyl (C=O) groups excluding carboxylic acids is 1. The monoisotopic (exact) mass is 240 g/mol. The molecule has 5 heteroatoms. The Balaban J connectivity index is 2.02. The fourth-order valence-electron chi connectivity index (χ4n) is 2.50. The van der Waals surface area contributed by atoms with Gasteiger partial charge in [0, 0.05) is 5.41 Å². The Bertz CT molecular complexity index is 331. The lowest BCUT2D eigenvalue weighted by atomic mass is 9.74. The number of amides is 1. The highest BCUT2D eigenvalue weighted by Crippen LogP contribution is 2.35. The van der Waals surface area contributed by atoms with Gasteiger partial charge in [0.2, 0.25) is 5.91 Å². The molecule has 0 unspecified atom stereocenters. The lowest BCUT2D eigenvalue weighted by Crippen LogP contribution is -2.62. The predicted octanol–water partition coefficient (Wildman–Crippen LogP) is 0.500. The van der Waals surface area contributed by atoms with Gasteiger partial charge in [-0.25, -0.2) is 4.79 Å². The van der Waals surface area contributed by atoms with Crippen LogP contribution in [0, 0.1) is 5.41 Å². The van der Waals surface area contributed by atoms with Crippen molar-refractivity contribution in [2.45, 2.75) is 44.6 Å². The summed E-state index contributed by atoms with van der Waals surface area (Å²) in [7, 11) is 0. The number of nitrogens with one attached hydrogen (secondary N) is 2. The molecule has 0 aromatic heterocycles. The van der Waals surface area contributed by atoms with Gasteiger partial charge < -0.3 is 15.7 Å². The Labute approximate surface area is 101 Å². The molecule has 1 aliphatic carbocycles. The molecule has 1 amide bonds. The molecule has 2 rings (SSSR count). The summed E-state index contributed by atoms with van der Waals surface area (Å²) >= 11 is 0. The van der Waals surface area contributed by atoms with Crippen LogP contribution in [-0.4, -0.2) is 35.6 Å². The molecule has 0 bridgehead atoms. The highest BCUT2D eigenvalue weighted by atomic mass is 16.4. The molecule has 17 heavy (non-hydrogen) atoms. The highest BCUT2D eigenvalue weighted by molar-refractivity contribution is 5.90. The van der Waals surface area contributed by atoms with Crippen LogP contribution < -0.4 is 10.6 Å². The van der Waals surface area contributed by atoms with Crippen molar-refractivity contribution in [2.75, 3.05) is 13.1 Å². The molecule has 0 aromatic rings. The van der Waals surface area contributed by atoms with Gasteiger partial charge in [0.15, 0.2) is 0 Å². The maximum atomic E-state index is 12.2. The van der Waals surface area contributed by atoms with Crippen LogP contribution in [-0.2, 0) is 9.59 Å². The largest absolute Gasteiger partial charge is 0.480 e. The summed E-state index contributed by atoms with van der Waals surface area (Å²) in [5, 5.41) is 15.2. The Morgan fingerprint density at radius 2 is 1.76 bits per heavy atom. The van der Waals surface area contributed by atoms with Crippen molar-refractivity contribution in [3.63, 3.8) is 0 Å². The van der Waals surface area contributed by atoms with Crippen LogP contribution >= 0.6 is 0 Å². The van der Waals surface area contributed by atoms with Gasteiger partial charge in [-0.3, -0.25) is 4.79 Å². The molecule has 5 nitrogen and oxygen atoms in total. The second-order valence-electron chi connectivity index (χ2n) is 5.51. The molecule has 1 aliphatic heterocycles. The van der Waals surface area contributed by atoms with Gasteiger partial charge in [-0.2, -0.15) is 0 Å². The van der Waals surface area contributed by atoms with E-state index in [-0.39, 0.29) is 5.91 Å². The average molecular weight is 240 g/mol. The highest BCUT2D eigenvalue weighted by Gasteiger charge is 2.48. The molecule has 0 atom stereocenters. The molecule has 2 aliphatic rings. The predicted molar refractivity (Wildman–Crippen MR) is 62.6 cm³/mol. The molecule has 1 saturated carbocycles. The molecule has 3 N–H and O–H groups in total. The fourth-order valence-corrected chi connectivity index (χ4v) is 2.50. The molecule has 96 valence electrons. The van der Waals surface area contributed by atoms with Crippen LogP contribution in [0.3, 0.4) is 0 Å². The van der Waals surface area contributed by atoms with Crippen LogP contribution in [0.5, 0.6) is 0 Å². The van der Waals surface area contributed by atoms with Gasteiger partial charge in [-0.05, 0) is 45.2 Å². The third-order valence-electron chi connectivity index (χ3n) is 4.22. The molecule has 0 aromatic carbocycles. The minimum atomic E-state index is -0.981. The molecule has 1 heterocycles. The van der Waals surface area contributed by atoms with E-state index >= 15 is 0 Å². The number of carboxylic acid groups (broad SMARTS) is 1. The quantitative estimate of drug-likeness (QED) is 0.671. The second-order valence-corrected chi connectivity index (χ2v) is 5.51. The smallest absolute Gasteiger partial charge is 0.329 e. The van der Waals surface area contributed by atoms with E-state index < -0.39 is 16.9 Å². The zero-order valence-electron chi connectivity index (χ0n) is 10.2. The van der Waals surface area contributed by atoms with Crippen molar-refractivity contribution in [3.05, 3.63) is 0 Å². The van der Waals surface area contributed by atoms with E-state index in [9.17, 15) is 14.7 Å². The lowest BCUT2D eigenvalue weighted by Gasteiger charge is -2.42.